The zero-order valence-electron chi connectivity index (χ0n) is 15.1. The molecule has 1 saturated heterocycles. The topological polar surface area (TPSA) is 6.48 Å². The van der Waals surface area contributed by atoms with Gasteiger partial charge in [-0.3, -0.25) is 4.90 Å². The van der Waals surface area contributed by atoms with Crippen LogP contribution >= 0.6 is 23.5 Å². The third-order valence-corrected chi connectivity index (χ3v) is 7.32. The van der Waals surface area contributed by atoms with Crippen LogP contribution in [-0.2, 0) is 6.42 Å². The molecule has 0 amide bonds. The van der Waals surface area contributed by atoms with Gasteiger partial charge in [0.25, 0.3) is 0 Å². The van der Waals surface area contributed by atoms with E-state index in [2.05, 4.69) is 66.2 Å². The second-order valence-corrected chi connectivity index (χ2v) is 9.32. The smallest absolute Gasteiger partial charge is 0.0401 e. The van der Waals surface area contributed by atoms with Gasteiger partial charge in [-0.2, -0.15) is 0 Å². The fourth-order valence-electron chi connectivity index (χ4n) is 3.80. The summed E-state index contributed by atoms with van der Waals surface area (Å²) >= 11 is 3.90. The minimum Gasteiger partial charge on any atom is -0.304 e. The number of thioether (sulfide) groups is 1. The Morgan fingerprint density at radius 3 is 2.64 bits per heavy atom. The molecule has 2 aliphatic rings. The van der Waals surface area contributed by atoms with E-state index in [0.29, 0.717) is 6.04 Å². The van der Waals surface area contributed by atoms with Gasteiger partial charge >= 0.3 is 0 Å². The third-order valence-electron chi connectivity index (χ3n) is 5.24. The van der Waals surface area contributed by atoms with E-state index in [1.807, 2.05) is 23.5 Å². The van der Waals surface area contributed by atoms with Gasteiger partial charge < -0.3 is 4.90 Å². The molecule has 0 spiro atoms. The summed E-state index contributed by atoms with van der Waals surface area (Å²) in [5.74, 6) is 1.13. The molecule has 2 aliphatic heterocycles. The summed E-state index contributed by atoms with van der Waals surface area (Å²) in [4.78, 5) is 9.43. The van der Waals surface area contributed by atoms with Crippen molar-refractivity contribution in [2.45, 2.75) is 34.1 Å². The Kier molecular flexibility index (Phi) is 5.41. The van der Waals surface area contributed by atoms with Gasteiger partial charge in [0, 0.05) is 46.9 Å². The van der Waals surface area contributed by atoms with Gasteiger partial charge in [0.15, 0.2) is 0 Å². The van der Waals surface area contributed by atoms with E-state index in [1.54, 1.807) is 0 Å². The average molecular weight is 371 g/mol. The maximum atomic E-state index is 2.71. The van der Waals surface area contributed by atoms with Gasteiger partial charge in [-0.15, -0.1) is 11.8 Å². The first-order chi connectivity index (χ1) is 12.2. The van der Waals surface area contributed by atoms with Crippen LogP contribution in [0.4, 0.5) is 0 Å². The first kappa shape index (κ1) is 17.5. The third kappa shape index (κ3) is 3.77. The molecule has 1 atom stereocenters. The Bertz CT molecular complexity index is 738. The molecule has 0 aromatic heterocycles. The number of piperazine rings is 1. The highest BCUT2D eigenvalue weighted by Crippen LogP contribution is 2.44. The monoisotopic (exact) mass is 370 g/mol. The molecule has 2 aromatic carbocycles. The van der Waals surface area contributed by atoms with Crippen LogP contribution in [0.1, 0.15) is 24.1 Å². The normalized spacial score (nSPS) is 21.4. The summed E-state index contributed by atoms with van der Waals surface area (Å²) in [5.41, 5.74) is 3.03. The van der Waals surface area contributed by atoms with Crippen molar-refractivity contribution in [3.05, 3.63) is 53.6 Å². The van der Waals surface area contributed by atoms with E-state index < -0.39 is 0 Å². The predicted molar refractivity (Wildman–Crippen MR) is 109 cm³/mol. The molecule has 2 heterocycles. The second-order valence-electron chi connectivity index (χ2n) is 6.90. The predicted octanol–water partition coefficient (Wildman–Crippen LogP) is 4.79. The molecule has 0 N–H and O–H groups in total. The number of hydrogen-bond donors (Lipinski definition) is 0. The highest BCUT2D eigenvalue weighted by Gasteiger charge is 2.29. The molecule has 2 nitrogen and oxygen atoms in total. The summed E-state index contributed by atoms with van der Waals surface area (Å²) < 4.78 is 0. The molecule has 0 radical (unpaired) electrons. The Hall–Kier alpha value is -0.940. The van der Waals surface area contributed by atoms with Crippen molar-refractivity contribution in [1.29, 1.82) is 0 Å². The van der Waals surface area contributed by atoms with Gasteiger partial charge in [-0.1, -0.05) is 36.9 Å². The molecular weight excluding hydrogens is 344 g/mol. The molecule has 0 saturated carbocycles. The van der Waals surface area contributed by atoms with E-state index in [0.717, 1.165) is 12.2 Å². The number of nitrogens with zero attached hydrogens (tertiary/aromatic N) is 2. The first-order valence-electron chi connectivity index (χ1n) is 9.19. The molecule has 1 fully saturated rings. The largest absolute Gasteiger partial charge is 0.304 e. The van der Waals surface area contributed by atoms with Crippen molar-refractivity contribution in [2.75, 3.05) is 39.0 Å². The minimum atomic E-state index is 0.497. The number of benzene rings is 2. The van der Waals surface area contributed by atoms with Crippen molar-refractivity contribution in [3.63, 3.8) is 0 Å². The SMILES string of the molecule is CCSc1ccc2c(c1)[C@@H](N1CCN(C)CC1)Cc1ccccc1S2. The van der Waals surface area contributed by atoms with Gasteiger partial charge in [-0.05, 0) is 54.6 Å². The van der Waals surface area contributed by atoms with E-state index in [1.165, 1.54) is 52.0 Å². The fraction of sp³-hybridized carbons (Fsp3) is 0.429. The van der Waals surface area contributed by atoms with Crippen molar-refractivity contribution in [2.24, 2.45) is 0 Å². The number of hydrogen-bond acceptors (Lipinski definition) is 4. The summed E-state index contributed by atoms with van der Waals surface area (Å²) in [6, 6.07) is 16.6. The van der Waals surface area contributed by atoms with Crippen molar-refractivity contribution in [1.82, 2.24) is 9.80 Å². The fourth-order valence-corrected chi connectivity index (χ4v) is 5.63. The molecule has 4 rings (SSSR count). The van der Waals surface area contributed by atoms with E-state index in [4.69, 9.17) is 0 Å². The maximum Gasteiger partial charge on any atom is 0.0401 e. The Labute approximate surface area is 160 Å². The lowest BCUT2D eigenvalue weighted by Gasteiger charge is -2.38. The lowest BCUT2D eigenvalue weighted by molar-refractivity contribution is 0.109. The number of fused-ring (bicyclic) bond motifs is 2. The highest BCUT2D eigenvalue weighted by atomic mass is 32.2. The number of likely N-dealkylation sites (N-methyl/N-ethyl adjacent to an activating group) is 1. The second kappa shape index (κ2) is 7.75. The van der Waals surface area contributed by atoms with Crippen molar-refractivity contribution in [3.8, 4) is 0 Å². The molecule has 25 heavy (non-hydrogen) atoms. The van der Waals surface area contributed by atoms with Crippen LogP contribution < -0.4 is 0 Å². The lowest BCUT2D eigenvalue weighted by Crippen LogP contribution is -2.46. The van der Waals surface area contributed by atoms with Crippen LogP contribution in [-0.4, -0.2) is 48.8 Å². The molecule has 0 unspecified atom stereocenters. The van der Waals surface area contributed by atoms with Crippen LogP contribution in [0.3, 0.4) is 0 Å². The van der Waals surface area contributed by atoms with Gasteiger partial charge in [0.2, 0.25) is 0 Å². The van der Waals surface area contributed by atoms with Gasteiger partial charge in [-0.25, -0.2) is 0 Å². The van der Waals surface area contributed by atoms with E-state index >= 15 is 0 Å². The Morgan fingerprint density at radius 1 is 1.04 bits per heavy atom. The van der Waals surface area contributed by atoms with Crippen LogP contribution in [0, 0.1) is 0 Å². The number of rotatable bonds is 3. The molecule has 2 aromatic rings. The van der Waals surface area contributed by atoms with E-state index in [9.17, 15) is 0 Å². The summed E-state index contributed by atoms with van der Waals surface area (Å²) in [5, 5.41) is 0. The molecule has 132 valence electrons. The zero-order chi connectivity index (χ0) is 17.2. The standard InChI is InChI=1S/C21H26N2S2/c1-3-24-17-8-9-21-18(15-17)19(23-12-10-22(2)11-13-23)14-16-6-4-5-7-20(16)25-21/h4-9,15,19H,3,10-14H2,1-2H3/t19-/m0/s1. The molecule has 0 aliphatic carbocycles. The summed E-state index contributed by atoms with van der Waals surface area (Å²) in [7, 11) is 2.24. The summed E-state index contributed by atoms with van der Waals surface area (Å²) in [6.07, 6.45) is 1.13. The van der Waals surface area contributed by atoms with Gasteiger partial charge in [0.1, 0.15) is 0 Å². The van der Waals surface area contributed by atoms with E-state index in [-0.39, 0.29) is 0 Å². The lowest BCUT2D eigenvalue weighted by atomic mass is 9.96. The summed E-state index contributed by atoms with van der Waals surface area (Å²) in [6.45, 7) is 6.91. The zero-order valence-corrected chi connectivity index (χ0v) is 16.7. The quantitative estimate of drug-likeness (QED) is 0.716. The van der Waals surface area contributed by atoms with Crippen LogP contribution in [0.15, 0.2) is 57.2 Å². The van der Waals surface area contributed by atoms with Crippen LogP contribution in [0.5, 0.6) is 0 Å². The molecule has 4 heteroatoms. The Balaban J connectivity index is 1.74. The first-order valence-corrected chi connectivity index (χ1v) is 11.0. The van der Waals surface area contributed by atoms with Crippen LogP contribution in [0.2, 0.25) is 0 Å². The highest BCUT2D eigenvalue weighted by molar-refractivity contribution is 7.99. The minimum absolute atomic E-state index is 0.497. The molecular formula is C21H26N2S2. The molecule has 0 bridgehead atoms. The average Bonchev–Trinajstić information content (AvgIpc) is 2.79. The van der Waals surface area contributed by atoms with Crippen molar-refractivity contribution >= 4 is 23.5 Å². The maximum absolute atomic E-state index is 2.71. The van der Waals surface area contributed by atoms with Crippen molar-refractivity contribution < 1.29 is 0 Å². The Morgan fingerprint density at radius 2 is 1.84 bits per heavy atom. The van der Waals surface area contributed by atoms with Gasteiger partial charge in [0.05, 0.1) is 0 Å². The van der Waals surface area contributed by atoms with Crippen LogP contribution in [0.25, 0.3) is 0 Å².